The van der Waals surface area contributed by atoms with Crippen molar-refractivity contribution >= 4 is 45.9 Å². The van der Waals surface area contributed by atoms with Gasteiger partial charge in [0, 0.05) is 34.7 Å². The largest absolute Gasteiger partial charge is 0.494 e. The Morgan fingerprint density at radius 1 is 1.07 bits per heavy atom. The second kappa shape index (κ2) is 10.5. The van der Waals surface area contributed by atoms with Crippen LogP contribution in [0, 0.1) is 0 Å². The number of anilines is 1. The minimum atomic E-state index is -1.05. The molecule has 10 nitrogen and oxygen atoms in total. The standard InChI is InChI=1S/C32H28N6O4/c1-32(2,31(41)42)19-9-11-20(12-10-19)34-27(18-6-5-15-33-17-18)26-22-14-13-21(16-25(22)38-29(26)39)35-30(40)28-36-23-7-3-4-8-24(23)37-28/h3,5-7,9-17,38-39H,4,8H2,1-2H3,(H,35,40)(H,36,37)(H,41,42). The fraction of sp³-hybridized carbons (Fsp3) is 0.156. The molecule has 2 aromatic carbocycles. The van der Waals surface area contributed by atoms with E-state index in [4.69, 9.17) is 4.99 Å². The van der Waals surface area contributed by atoms with Gasteiger partial charge < -0.3 is 25.5 Å². The van der Waals surface area contributed by atoms with Crippen LogP contribution in [0.2, 0.25) is 0 Å². The SMILES string of the molecule is CC(C)(C(=O)O)c1ccc(N=C(c2cccnc2)c2c(O)[nH]c3cc(NC(=O)c4nc5c([nH]4)CCC=C5)ccc23)cc1. The number of amides is 1. The van der Waals surface area contributed by atoms with Gasteiger partial charge in [0.25, 0.3) is 5.91 Å². The number of benzene rings is 2. The Morgan fingerprint density at radius 3 is 2.60 bits per heavy atom. The Hall–Kier alpha value is -5.51. The number of carbonyl (C=O) groups excluding carboxylic acids is 1. The van der Waals surface area contributed by atoms with E-state index < -0.39 is 11.4 Å². The highest BCUT2D eigenvalue weighted by Gasteiger charge is 2.29. The van der Waals surface area contributed by atoms with Gasteiger partial charge in [0.1, 0.15) is 0 Å². The van der Waals surface area contributed by atoms with Gasteiger partial charge in [0.15, 0.2) is 11.7 Å². The minimum Gasteiger partial charge on any atom is -0.494 e. The number of hydrogen-bond acceptors (Lipinski definition) is 6. The summed E-state index contributed by atoms with van der Waals surface area (Å²) in [6.07, 6.45) is 8.98. The van der Waals surface area contributed by atoms with Crippen molar-refractivity contribution in [2.24, 2.45) is 4.99 Å². The number of fused-ring (bicyclic) bond motifs is 2. The first-order valence-electron chi connectivity index (χ1n) is 13.5. The van der Waals surface area contributed by atoms with E-state index in [-0.39, 0.29) is 17.6 Å². The number of aliphatic imine (C=N–C) groups is 1. The van der Waals surface area contributed by atoms with Gasteiger partial charge >= 0.3 is 5.97 Å². The highest BCUT2D eigenvalue weighted by Crippen LogP contribution is 2.33. The van der Waals surface area contributed by atoms with E-state index in [1.165, 1.54) is 0 Å². The number of aliphatic carboxylic acids is 1. The summed E-state index contributed by atoms with van der Waals surface area (Å²) in [6, 6.07) is 15.9. The van der Waals surface area contributed by atoms with Gasteiger partial charge in [0.05, 0.1) is 33.6 Å². The summed E-state index contributed by atoms with van der Waals surface area (Å²) in [6.45, 7) is 3.30. The molecule has 0 fully saturated rings. The molecule has 0 unspecified atom stereocenters. The number of nitrogens with zero attached hydrogens (tertiary/aromatic N) is 3. The summed E-state index contributed by atoms with van der Waals surface area (Å²) in [7, 11) is 0. The maximum atomic E-state index is 12.9. The van der Waals surface area contributed by atoms with E-state index >= 15 is 0 Å². The van der Waals surface area contributed by atoms with Crippen molar-refractivity contribution in [3.8, 4) is 5.88 Å². The molecule has 0 spiro atoms. The van der Waals surface area contributed by atoms with Crippen LogP contribution >= 0.6 is 0 Å². The van der Waals surface area contributed by atoms with Crippen LogP contribution in [0.5, 0.6) is 5.88 Å². The maximum absolute atomic E-state index is 12.9. The van der Waals surface area contributed by atoms with Crippen LogP contribution < -0.4 is 5.32 Å². The fourth-order valence-electron chi connectivity index (χ4n) is 4.95. The molecule has 1 aliphatic rings. The van der Waals surface area contributed by atoms with Crippen molar-refractivity contribution in [2.75, 3.05) is 5.32 Å². The molecule has 42 heavy (non-hydrogen) atoms. The van der Waals surface area contributed by atoms with Gasteiger partial charge in [-0.2, -0.15) is 0 Å². The average Bonchev–Trinajstić information content (AvgIpc) is 3.57. The molecule has 3 heterocycles. The third-order valence-electron chi connectivity index (χ3n) is 7.44. The molecule has 210 valence electrons. The van der Waals surface area contributed by atoms with Crippen LogP contribution in [0.3, 0.4) is 0 Å². The lowest BCUT2D eigenvalue weighted by atomic mass is 9.85. The molecule has 0 saturated heterocycles. The van der Waals surface area contributed by atoms with Gasteiger partial charge in [-0.15, -0.1) is 0 Å². The van der Waals surface area contributed by atoms with Gasteiger partial charge in [-0.1, -0.05) is 18.2 Å². The van der Waals surface area contributed by atoms with Crippen molar-refractivity contribution in [3.05, 3.63) is 107 Å². The van der Waals surface area contributed by atoms with Crippen LogP contribution in [-0.2, 0) is 16.6 Å². The predicted octanol–water partition coefficient (Wildman–Crippen LogP) is 5.73. The summed E-state index contributed by atoms with van der Waals surface area (Å²) in [4.78, 5) is 44.2. The number of aromatic amines is 2. The molecule has 10 heteroatoms. The first-order chi connectivity index (χ1) is 20.2. The number of allylic oxidation sites excluding steroid dienone is 1. The van der Waals surface area contributed by atoms with Gasteiger partial charge in [-0.25, -0.2) is 9.98 Å². The van der Waals surface area contributed by atoms with E-state index in [1.807, 2.05) is 18.2 Å². The number of hydrogen-bond donors (Lipinski definition) is 5. The summed E-state index contributed by atoms with van der Waals surface area (Å²) in [5.74, 6) is -1.13. The zero-order chi connectivity index (χ0) is 29.4. The maximum Gasteiger partial charge on any atom is 0.313 e. The topological polar surface area (TPSA) is 156 Å². The van der Waals surface area contributed by atoms with Crippen molar-refractivity contribution in [1.29, 1.82) is 0 Å². The smallest absolute Gasteiger partial charge is 0.313 e. The second-order valence-corrected chi connectivity index (χ2v) is 10.6. The summed E-state index contributed by atoms with van der Waals surface area (Å²) in [5.41, 5.74) is 4.64. The van der Waals surface area contributed by atoms with Gasteiger partial charge in [-0.05, 0) is 80.8 Å². The second-order valence-electron chi connectivity index (χ2n) is 10.6. The average molecular weight is 561 g/mol. The highest BCUT2D eigenvalue weighted by atomic mass is 16.4. The Labute approximate surface area is 240 Å². The van der Waals surface area contributed by atoms with Crippen molar-refractivity contribution in [2.45, 2.75) is 32.1 Å². The molecule has 0 saturated carbocycles. The van der Waals surface area contributed by atoms with Crippen LogP contribution in [0.25, 0.3) is 17.0 Å². The van der Waals surface area contributed by atoms with Crippen LogP contribution in [0.4, 0.5) is 11.4 Å². The third kappa shape index (κ3) is 4.94. The first-order valence-corrected chi connectivity index (χ1v) is 13.5. The number of imidazole rings is 1. The van der Waals surface area contributed by atoms with E-state index in [2.05, 4.69) is 25.3 Å². The molecule has 1 aliphatic carbocycles. The molecule has 0 atom stereocenters. The Morgan fingerprint density at radius 2 is 1.88 bits per heavy atom. The molecule has 6 rings (SSSR count). The number of carboxylic acid groups (broad SMARTS) is 1. The van der Waals surface area contributed by atoms with Gasteiger partial charge in [-0.3, -0.25) is 14.6 Å². The number of pyridine rings is 1. The molecule has 5 N–H and O–H groups in total. The van der Waals surface area contributed by atoms with Crippen molar-refractivity contribution in [1.82, 2.24) is 19.9 Å². The Bertz CT molecular complexity index is 1880. The molecule has 0 aliphatic heterocycles. The van der Waals surface area contributed by atoms with Crippen LogP contribution in [-0.4, -0.2) is 47.7 Å². The van der Waals surface area contributed by atoms with E-state index in [0.29, 0.717) is 44.7 Å². The highest BCUT2D eigenvalue weighted by molar-refractivity contribution is 6.22. The predicted molar refractivity (Wildman–Crippen MR) is 160 cm³/mol. The lowest BCUT2D eigenvalue weighted by molar-refractivity contribution is -0.142. The molecule has 0 radical (unpaired) electrons. The van der Waals surface area contributed by atoms with Gasteiger partial charge in [0.2, 0.25) is 0 Å². The number of rotatable bonds is 7. The minimum absolute atomic E-state index is 0.0924. The number of carbonyl (C=O) groups is 2. The Kier molecular flexibility index (Phi) is 6.66. The molecular formula is C32H28N6O4. The Balaban J connectivity index is 1.35. The zero-order valence-corrected chi connectivity index (χ0v) is 23.0. The lowest BCUT2D eigenvalue weighted by Gasteiger charge is -2.19. The van der Waals surface area contributed by atoms with Crippen LogP contribution in [0.15, 0.2) is 78.1 Å². The van der Waals surface area contributed by atoms with Crippen LogP contribution in [0.1, 0.15) is 59.0 Å². The molecular weight excluding hydrogens is 532 g/mol. The molecule has 0 bridgehead atoms. The monoisotopic (exact) mass is 560 g/mol. The van der Waals surface area contributed by atoms with Crippen molar-refractivity contribution < 1.29 is 19.8 Å². The normalized spacial score (nSPS) is 13.2. The number of nitrogens with one attached hydrogen (secondary N) is 3. The quantitative estimate of drug-likeness (QED) is 0.160. The molecule has 3 aromatic heterocycles. The van der Waals surface area contributed by atoms with E-state index in [9.17, 15) is 19.8 Å². The number of aromatic hydroxyl groups is 1. The first kappa shape index (κ1) is 26.7. The number of H-pyrrole nitrogens is 2. The number of aromatic nitrogens is 4. The summed E-state index contributed by atoms with van der Waals surface area (Å²) < 4.78 is 0. The molecule has 1 amide bonds. The number of carboxylic acids is 1. The lowest BCUT2D eigenvalue weighted by Crippen LogP contribution is -2.28. The number of aryl methyl sites for hydroxylation is 1. The van der Waals surface area contributed by atoms with E-state index in [0.717, 1.165) is 24.2 Å². The summed E-state index contributed by atoms with van der Waals surface area (Å²) >= 11 is 0. The van der Waals surface area contributed by atoms with Crippen molar-refractivity contribution in [3.63, 3.8) is 0 Å². The van der Waals surface area contributed by atoms with E-state index in [1.54, 1.807) is 74.8 Å². The third-order valence-corrected chi connectivity index (χ3v) is 7.44. The zero-order valence-electron chi connectivity index (χ0n) is 23.0. The molecule has 5 aromatic rings. The fourth-order valence-corrected chi connectivity index (χ4v) is 4.95. The summed E-state index contributed by atoms with van der Waals surface area (Å²) in [5, 5.41) is 24.2.